The SMILES string of the molecule is COc1ccc2c(c1)C(=O)CC2CN. The molecule has 0 fully saturated rings. The lowest BCUT2D eigenvalue weighted by Gasteiger charge is -2.07. The topological polar surface area (TPSA) is 52.3 Å². The van der Waals surface area contributed by atoms with Crippen molar-refractivity contribution in [2.24, 2.45) is 5.73 Å². The van der Waals surface area contributed by atoms with Gasteiger partial charge < -0.3 is 10.5 Å². The lowest BCUT2D eigenvalue weighted by atomic mass is 10.0. The van der Waals surface area contributed by atoms with E-state index in [9.17, 15) is 4.79 Å². The van der Waals surface area contributed by atoms with Gasteiger partial charge in [0.1, 0.15) is 5.75 Å². The number of hydrogen-bond acceptors (Lipinski definition) is 3. The van der Waals surface area contributed by atoms with Gasteiger partial charge in [-0.05, 0) is 24.2 Å². The molecule has 1 aromatic rings. The molecule has 0 bridgehead atoms. The normalized spacial score (nSPS) is 19.6. The zero-order chi connectivity index (χ0) is 10.1. The van der Waals surface area contributed by atoms with Crippen molar-refractivity contribution >= 4 is 5.78 Å². The number of fused-ring (bicyclic) bond motifs is 1. The van der Waals surface area contributed by atoms with Crippen LogP contribution in [0.15, 0.2) is 18.2 Å². The number of carbonyl (C=O) groups excluding carboxylic acids is 1. The molecule has 0 saturated carbocycles. The van der Waals surface area contributed by atoms with Crippen LogP contribution < -0.4 is 10.5 Å². The standard InChI is InChI=1S/C11H13NO2/c1-14-8-2-3-9-7(6-12)4-11(13)10(9)5-8/h2-3,5,7H,4,6,12H2,1H3. The Kier molecular flexibility index (Phi) is 2.25. The molecule has 3 heteroatoms. The molecule has 74 valence electrons. The van der Waals surface area contributed by atoms with Crippen molar-refractivity contribution < 1.29 is 9.53 Å². The smallest absolute Gasteiger partial charge is 0.163 e. The summed E-state index contributed by atoms with van der Waals surface area (Å²) in [5.74, 6) is 1.10. The average Bonchev–Trinajstić information content (AvgIpc) is 2.55. The Bertz CT molecular complexity index is 374. The molecule has 0 saturated heterocycles. The second-order valence-corrected chi connectivity index (χ2v) is 3.51. The van der Waals surface area contributed by atoms with Crippen LogP contribution in [-0.2, 0) is 0 Å². The van der Waals surface area contributed by atoms with E-state index in [2.05, 4.69) is 0 Å². The maximum Gasteiger partial charge on any atom is 0.163 e. The molecule has 2 rings (SSSR count). The van der Waals surface area contributed by atoms with Crippen LogP contribution in [0.3, 0.4) is 0 Å². The van der Waals surface area contributed by atoms with Crippen LogP contribution >= 0.6 is 0 Å². The molecule has 1 aromatic carbocycles. The first-order valence-electron chi connectivity index (χ1n) is 4.67. The van der Waals surface area contributed by atoms with E-state index in [0.29, 0.717) is 13.0 Å². The van der Waals surface area contributed by atoms with Crippen molar-refractivity contribution in [3.8, 4) is 5.75 Å². The predicted molar refractivity (Wildman–Crippen MR) is 53.7 cm³/mol. The van der Waals surface area contributed by atoms with Crippen LogP contribution in [-0.4, -0.2) is 19.4 Å². The van der Waals surface area contributed by atoms with E-state index in [0.717, 1.165) is 16.9 Å². The number of nitrogens with two attached hydrogens (primary N) is 1. The van der Waals surface area contributed by atoms with Crippen LogP contribution in [0.1, 0.15) is 28.3 Å². The molecule has 0 spiro atoms. The Balaban J connectivity index is 2.46. The highest BCUT2D eigenvalue weighted by Crippen LogP contribution is 2.34. The van der Waals surface area contributed by atoms with Crippen molar-refractivity contribution in [1.29, 1.82) is 0 Å². The van der Waals surface area contributed by atoms with E-state index in [1.807, 2.05) is 12.1 Å². The molecule has 0 amide bonds. The highest BCUT2D eigenvalue weighted by atomic mass is 16.5. The predicted octanol–water partition coefficient (Wildman–Crippen LogP) is 1.32. The summed E-state index contributed by atoms with van der Waals surface area (Å²) in [5, 5.41) is 0. The first-order valence-corrected chi connectivity index (χ1v) is 4.67. The summed E-state index contributed by atoms with van der Waals surface area (Å²) in [7, 11) is 1.60. The van der Waals surface area contributed by atoms with Gasteiger partial charge in [-0.3, -0.25) is 4.79 Å². The summed E-state index contributed by atoms with van der Waals surface area (Å²) in [6, 6.07) is 5.62. The van der Waals surface area contributed by atoms with Crippen LogP contribution in [0.4, 0.5) is 0 Å². The maximum absolute atomic E-state index is 11.6. The van der Waals surface area contributed by atoms with Crippen molar-refractivity contribution in [1.82, 2.24) is 0 Å². The van der Waals surface area contributed by atoms with Gasteiger partial charge in [-0.15, -0.1) is 0 Å². The van der Waals surface area contributed by atoms with E-state index in [1.165, 1.54) is 0 Å². The number of methoxy groups -OCH3 is 1. The molecule has 14 heavy (non-hydrogen) atoms. The fourth-order valence-corrected chi connectivity index (χ4v) is 1.91. The molecule has 0 aliphatic heterocycles. The fourth-order valence-electron chi connectivity index (χ4n) is 1.91. The first kappa shape index (κ1) is 9.21. The minimum absolute atomic E-state index is 0.175. The summed E-state index contributed by atoms with van der Waals surface area (Å²) in [5.41, 5.74) is 7.44. The van der Waals surface area contributed by atoms with Crippen molar-refractivity contribution in [2.45, 2.75) is 12.3 Å². The molecule has 0 aromatic heterocycles. The van der Waals surface area contributed by atoms with Gasteiger partial charge in [0.25, 0.3) is 0 Å². The van der Waals surface area contributed by atoms with Gasteiger partial charge in [0.15, 0.2) is 5.78 Å². The molecule has 3 nitrogen and oxygen atoms in total. The summed E-state index contributed by atoms with van der Waals surface area (Å²) in [4.78, 5) is 11.6. The van der Waals surface area contributed by atoms with Crippen LogP contribution in [0.25, 0.3) is 0 Å². The van der Waals surface area contributed by atoms with Crippen molar-refractivity contribution in [3.63, 3.8) is 0 Å². The minimum Gasteiger partial charge on any atom is -0.497 e. The van der Waals surface area contributed by atoms with Crippen LogP contribution in [0.2, 0.25) is 0 Å². The van der Waals surface area contributed by atoms with Crippen molar-refractivity contribution in [3.05, 3.63) is 29.3 Å². The average molecular weight is 191 g/mol. The number of carbonyl (C=O) groups is 1. The minimum atomic E-state index is 0.175. The quantitative estimate of drug-likeness (QED) is 0.767. The molecule has 2 N–H and O–H groups in total. The van der Waals surface area contributed by atoms with Gasteiger partial charge in [-0.1, -0.05) is 6.07 Å². The maximum atomic E-state index is 11.6. The van der Waals surface area contributed by atoms with Gasteiger partial charge in [-0.2, -0.15) is 0 Å². The second kappa shape index (κ2) is 3.42. The second-order valence-electron chi connectivity index (χ2n) is 3.51. The summed E-state index contributed by atoms with van der Waals surface area (Å²) < 4.78 is 5.07. The number of hydrogen-bond donors (Lipinski definition) is 1. The first-order chi connectivity index (χ1) is 6.76. The molecule has 1 aliphatic rings. The Labute approximate surface area is 82.9 Å². The molecular weight excluding hydrogens is 178 g/mol. The van der Waals surface area contributed by atoms with E-state index >= 15 is 0 Å². The van der Waals surface area contributed by atoms with Gasteiger partial charge in [-0.25, -0.2) is 0 Å². The van der Waals surface area contributed by atoms with Gasteiger partial charge in [0.2, 0.25) is 0 Å². The third kappa shape index (κ3) is 1.30. The highest BCUT2D eigenvalue weighted by molar-refractivity contribution is 6.01. The number of ether oxygens (including phenoxy) is 1. The Morgan fingerprint density at radius 1 is 1.57 bits per heavy atom. The third-order valence-electron chi connectivity index (χ3n) is 2.72. The van der Waals surface area contributed by atoms with Crippen molar-refractivity contribution in [2.75, 3.05) is 13.7 Å². The number of ketones is 1. The molecule has 1 atom stereocenters. The van der Waals surface area contributed by atoms with Gasteiger partial charge in [0, 0.05) is 17.9 Å². The molecule has 0 radical (unpaired) electrons. The monoisotopic (exact) mass is 191 g/mol. The molecule has 1 unspecified atom stereocenters. The Hall–Kier alpha value is -1.35. The summed E-state index contributed by atoms with van der Waals surface area (Å²) >= 11 is 0. The van der Waals surface area contributed by atoms with Crippen LogP contribution in [0, 0.1) is 0 Å². The lowest BCUT2D eigenvalue weighted by Crippen LogP contribution is -2.09. The number of benzene rings is 1. The summed E-state index contributed by atoms with van der Waals surface area (Å²) in [6.07, 6.45) is 0.541. The van der Waals surface area contributed by atoms with Gasteiger partial charge in [0.05, 0.1) is 7.11 Å². The molecule has 0 heterocycles. The van der Waals surface area contributed by atoms with Gasteiger partial charge >= 0.3 is 0 Å². The largest absolute Gasteiger partial charge is 0.497 e. The zero-order valence-electron chi connectivity index (χ0n) is 8.12. The Morgan fingerprint density at radius 3 is 3.00 bits per heavy atom. The Morgan fingerprint density at radius 2 is 2.36 bits per heavy atom. The van der Waals surface area contributed by atoms with Crippen LogP contribution in [0.5, 0.6) is 5.75 Å². The van der Waals surface area contributed by atoms with E-state index in [1.54, 1.807) is 13.2 Å². The third-order valence-corrected chi connectivity index (χ3v) is 2.72. The van der Waals surface area contributed by atoms with E-state index in [-0.39, 0.29) is 11.7 Å². The highest BCUT2D eigenvalue weighted by Gasteiger charge is 2.28. The lowest BCUT2D eigenvalue weighted by molar-refractivity contribution is 0.0989. The molecular formula is C11H13NO2. The fraction of sp³-hybridized carbons (Fsp3) is 0.364. The zero-order valence-corrected chi connectivity index (χ0v) is 8.12. The van der Waals surface area contributed by atoms with E-state index in [4.69, 9.17) is 10.5 Å². The van der Waals surface area contributed by atoms with E-state index < -0.39 is 0 Å². The number of rotatable bonds is 2. The molecule has 1 aliphatic carbocycles. The summed E-state index contributed by atoms with van der Waals surface area (Å²) in [6.45, 7) is 0.533. The number of Topliss-reactive ketones (excluding diaryl/α,β-unsaturated/α-hetero) is 1.